The van der Waals surface area contributed by atoms with Gasteiger partial charge in [0.2, 0.25) is 0 Å². The SMILES string of the molecule is CNC1(C)CCN(Cc2ccc(OC)c([N+](=O)[O-])c2)CC1. The van der Waals surface area contributed by atoms with Crippen molar-refractivity contribution in [3.8, 4) is 5.75 Å². The number of piperidine rings is 1. The first-order valence-electron chi connectivity index (χ1n) is 7.20. The van der Waals surface area contributed by atoms with Crippen molar-refractivity contribution in [3.05, 3.63) is 33.9 Å². The van der Waals surface area contributed by atoms with Crippen LogP contribution in [-0.4, -0.2) is 42.6 Å². The summed E-state index contributed by atoms with van der Waals surface area (Å²) in [5.41, 5.74) is 1.20. The molecule has 0 amide bonds. The van der Waals surface area contributed by atoms with Gasteiger partial charge in [-0.1, -0.05) is 6.07 Å². The summed E-state index contributed by atoms with van der Waals surface area (Å²) in [5.74, 6) is 0.310. The average Bonchev–Trinajstić information content (AvgIpc) is 2.49. The summed E-state index contributed by atoms with van der Waals surface area (Å²) in [6, 6.07) is 5.19. The van der Waals surface area contributed by atoms with E-state index in [4.69, 9.17) is 4.74 Å². The van der Waals surface area contributed by atoms with E-state index in [9.17, 15) is 10.1 Å². The van der Waals surface area contributed by atoms with Gasteiger partial charge in [0.15, 0.2) is 5.75 Å². The molecule has 1 aromatic rings. The van der Waals surface area contributed by atoms with Crippen molar-refractivity contribution in [2.75, 3.05) is 27.2 Å². The highest BCUT2D eigenvalue weighted by molar-refractivity contribution is 5.48. The molecule has 0 bridgehead atoms. The molecule has 6 nitrogen and oxygen atoms in total. The van der Waals surface area contributed by atoms with Crippen molar-refractivity contribution >= 4 is 5.69 Å². The van der Waals surface area contributed by atoms with Crippen LogP contribution in [0.2, 0.25) is 0 Å². The van der Waals surface area contributed by atoms with Crippen LogP contribution < -0.4 is 10.1 Å². The van der Waals surface area contributed by atoms with E-state index in [1.807, 2.05) is 13.1 Å². The van der Waals surface area contributed by atoms with Gasteiger partial charge in [-0.05, 0) is 38.4 Å². The van der Waals surface area contributed by atoms with Gasteiger partial charge in [0.25, 0.3) is 0 Å². The maximum atomic E-state index is 11.1. The van der Waals surface area contributed by atoms with Gasteiger partial charge in [-0.25, -0.2) is 0 Å². The third kappa shape index (κ3) is 3.71. The normalized spacial score (nSPS) is 18.4. The smallest absolute Gasteiger partial charge is 0.311 e. The van der Waals surface area contributed by atoms with Crippen LogP contribution in [0.1, 0.15) is 25.3 Å². The summed E-state index contributed by atoms with van der Waals surface area (Å²) in [7, 11) is 3.45. The van der Waals surface area contributed by atoms with Crippen molar-refractivity contribution in [2.24, 2.45) is 0 Å². The van der Waals surface area contributed by atoms with Gasteiger partial charge >= 0.3 is 5.69 Å². The molecule has 0 saturated carbocycles. The molecule has 1 aliphatic rings. The molecule has 1 fully saturated rings. The number of nitro groups is 1. The fourth-order valence-electron chi connectivity index (χ4n) is 2.69. The van der Waals surface area contributed by atoms with Crippen molar-refractivity contribution in [2.45, 2.75) is 31.8 Å². The molecular weight excluding hydrogens is 270 g/mol. The zero-order valence-electron chi connectivity index (χ0n) is 12.9. The van der Waals surface area contributed by atoms with E-state index in [1.54, 1.807) is 12.1 Å². The van der Waals surface area contributed by atoms with Crippen molar-refractivity contribution < 1.29 is 9.66 Å². The van der Waals surface area contributed by atoms with Gasteiger partial charge < -0.3 is 10.1 Å². The lowest BCUT2D eigenvalue weighted by Gasteiger charge is -2.39. The third-order valence-electron chi connectivity index (χ3n) is 4.41. The zero-order valence-corrected chi connectivity index (χ0v) is 12.9. The Bertz CT molecular complexity index is 511. The molecule has 1 aliphatic heterocycles. The van der Waals surface area contributed by atoms with Crippen LogP contribution in [0.5, 0.6) is 5.75 Å². The Kier molecular flexibility index (Phi) is 4.80. The van der Waals surface area contributed by atoms with Gasteiger partial charge in [0, 0.05) is 31.2 Å². The van der Waals surface area contributed by atoms with Crippen molar-refractivity contribution in [1.29, 1.82) is 0 Å². The van der Waals surface area contributed by atoms with Crippen LogP contribution in [0, 0.1) is 10.1 Å². The summed E-state index contributed by atoms with van der Waals surface area (Å²) in [4.78, 5) is 13.0. The van der Waals surface area contributed by atoms with Gasteiger partial charge in [0.05, 0.1) is 12.0 Å². The molecule has 6 heteroatoms. The number of hydrogen-bond donors (Lipinski definition) is 1. The lowest BCUT2D eigenvalue weighted by molar-refractivity contribution is -0.385. The van der Waals surface area contributed by atoms with Crippen molar-refractivity contribution in [3.63, 3.8) is 0 Å². The topological polar surface area (TPSA) is 67.6 Å². The fraction of sp³-hybridized carbons (Fsp3) is 0.600. The third-order valence-corrected chi connectivity index (χ3v) is 4.41. The Morgan fingerprint density at radius 3 is 2.62 bits per heavy atom. The lowest BCUT2D eigenvalue weighted by Crippen LogP contribution is -2.49. The second-order valence-electron chi connectivity index (χ2n) is 5.85. The average molecular weight is 293 g/mol. The first-order valence-corrected chi connectivity index (χ1v) is 7.20. The standard InChI is InChI=1S/C15H23N3O3/c1-15(16-2)6-8-17(9-7-15)11-12-4-5-14(21-3)13(10-12)18(19)20/h4-5,10,16H,6-9,11H2,1-3H3. The van der Waals surface area contributed by atoms with Crippen LogP contribution in [0.3, 0.4) is 0 Å². The van der Waals surface area contributed by atoms with E-state index >= 15 is 0 Å². The Morgan fingerprint density at radius 2 is 2.10 bits per heavy atom. The molecule has 0 radical (unpaired) electrons. The van der Waals surface area contributed by atoms with Crippen molar-refractivity contribution in [1.82, 2.24) is 10.2 Å². The first kappa shape index (κ1) is 15.7. The van der Waals surface area contributed by atoms with E-state index in [0.717, 1.165) is 38.0 Å². The van der Waals surface area contributed by atoms with Gasteiger partial charge in [-0.15, -0.1) is 0 Å². The molecule has 0 spiro atoms. The molecule has 0 aliphatic carbocycles. The number of rotatable bonds is 5. The molecule has 116 valence electrons. The summed E-state index contributed by atoms with van der Waals surface area (Å²) >= 11 is 0. The Labute approximate surface area is 125 Å². The van der Waals surface area contributed by atoms with Gasteiger partial charge in [-0.2, -0.15) is 0 Å². The van der Waals surface area contributed by atoms with E-state index in [-0.39, 0.29) is 11.2 Å². The molecule has 2 rings (SSSR count). The molecule has 0 atom stereocenters. The highest BCUT2D eigenvalue weighted by Crippen LogP contribution is 2.29. The largest absolute Gasteiger partial charge is 0.490 e. The van der Waals surface area contributed by atoms with Gasteiger partial charge in [0.1, 0.15) is 0 Å². The Hall–Kier alpha value is -1.66. The second-order valence-corrected chi connectivity index (χ2v) is 5.85. The summed E-state index contributed by atoms with van der Waals surface area (Å²) in [6.07, 6.45) is 2.17. The monoisotopic (exact) mass is 293 g/mol. The molecule has 1 aromatic carbocycles. The van der Waals surface area contributed by atoms with Crippen LogP contribution in [0.4, 0.5) is 5.69 Å². The van der Waals surface area contributed by atoms with Gasteiger partial charge in [-0.3, -0.25) is 15.0 Å². The predicted octanol–water partition coefficient (Wildman–Crippen LogP) is 2.18. The molecule has 1 heterocycles. The van der Waals surface area contributed by atoms with E-state index in [2.05, 4.69) is 17.1 Å². The zero-order chi connectivity index (χ0) is 15.5. The van der Waals surface area contributed by atoms with Crippen LogP contribution in [0.15, 0.2) is 18.2 Å². The summed E-state index contributed by atoms with van der Waals surface area (Å²) < 4.78 is 5.03. The highest BCUT2D eigenvalue weighted by Gasteiger charge is 2.28. The minimum atomic E-state index is -0.392. The maximum Gasteiger partial charge on any atom is 0.311 e. The number of nitrogens with one attached hydrogen (secondary N) is 1. The molecule has 0 unspecified atom stereocenters. The van der Waals surface area contributed by atoms with E-state index in [1.165, 1.54) is 7.11 Å². The highest BCUT2D eigenvalue weighted by atomic mass is 16.6. The van der Waals surface area contributed by atoms with Crippen LogP contribution in [0.25, 0.3) is 0 Å². The first-order chi connectivity index (χ1) is 9.97. The quantitative estimate of drug-likeness (QED) is 0.665. The number of hydrogen-bond acceptors (Lipinski definition) is 5. The summed E-state index contributed by atoms with van der Waals surface area (Å²) in [5, 5.41) is 14.4. The Morgan fingerprint density at radius 1 is 1.43 bits per heavy atom. The van der Waals surface area contributed by atoms with Crippen LogP contribution >= 0.6 is 0 Å². The maximum absolute atomic E-state index is 11.1. The minimum Gasteiger partial charge on any atom is -0.490 e. The molecule has 1 saturated heterocycles. The molecule has 21 heavy (non-hydrogen) atoms. The number of likely N-dealkylation sites (tertiary alicyclic amines) is 1. The number of benzene rings is 1. The fourth-order valence-corrected chi connectivity index (χ4v) is 2.69. The Balaban J connectivity index is 2.04. The lowest BCUT2D eigenvalue weighted by atomic mass is 9.90. The number of nitrogens with zero attached hydrogens (tertiary/aromatic N) is 2. The minimum absolute atomic E-state index is 0.0343. The predicted molar refractivity (Wildman–Crippen MR) is 81.6 cm³/mol. The van der Waals surface area contributed by atoms with E-state index in [0.29, 0.717) is 5.75 Å². The molecule has 0 aromatic heterocycles. The number of nitro benzene ring substituents is 1. The summed E-state index contributed by atoms with van der Waals surface area (Å²) in [6.45, 7) is 4.97. The molecular formula is C15H23N3O3. The second kappa shape index (κ2) is 6.41. The number of ether oxygens (including phenoxy) is 1. The number of methoxy groups -OCH3 is 1. The van der Waals surface area contributed by atoms with E-state index < -0.39 is 4.92 Å². The molecule has 1 N–H and O–H groups in total. The van der Waals surface area contributed by atoms with Crippen LogP contribution in [-0.2, 0) is 6.54 Å².